The summed E-state index contributed by atoms with van der Waals surface area (Å²) in [6.45, 7) is 5.99. The van der Waals surface area contributed by atoms with Crippen molar-refractivity contribution in [1.29, 1.82) is 0 Å². The maximum absolute atomic E-state index is 5.77. The van der Waals surface area contributed by atoms with Gasteiger partial charge in [0.05, 0.1) is 12.7 Å². The lowest BCUT2D eigenvalue weighted by Gasteiger charge is -2.34. The van der Waals surface area contributed by atoms with Gasteiger partial charge in [0.25, 0.3) is 0 Å². The molecule has 1 aromatic rings. The fourth-order valence-electron chi connectivity index (χ4n) is 1.99. The zero-order valence-corrected chi connectivity index (χ0v) is 10.1. The lowest BCUT2D eigenvalue weighted by atomic mass is 10.1. The van der Waals surface area contributed by atoms with Gasteiger partial charge in [0, 0.05) is 38.1 Å². The minimum Gasteiger partial charge on any atom is -0.374 e. The number of morpholine rings is 1. The Labute approximate surface area is 97.0 Å². The molecule has 2 heterocycles. The topological polar surface area (TPSA) is 40.3 Å². The Morgan fingerprint density at radius 3 is 3.25 bits per heavy atom. The van der Waals surface area contributed by atoms with Crippen molar-refractivity contribution in [2.24, 2.45) is 0 Å². The molecule has 0 aliphatic carbocycles. The summed E-state index contributed by atoms with van der Waals surface area (Å²) in [5, 5.41) is 3.50. The summed E-state index contributed by atoms with van der Waals surface area (Å²) in [4.78, 5) is 5.38. The third-order valence-corrected chi connectivity index (χ3v) is 3.14. The Bertz CT molecular complexity index is 299. The lowest BCUT2D eigenvalue weighted by molar-refractivity contribution is -0.0356. The molecule has 0 aromatic carbocycles. The fraction of sp³-hybridized carbons (Fsp3) is 0.667. The first kappa shape index (κ1) is 11.6. The van der Waals surface area contributed by atoms with Crippen LogP contribution in [0.25, 0.3) is 0 Å². The zero-order chi connectivity index (χ0) is 11.4. The van der Waals surface area contributed by atoms with Gasteiger partial charge in [-0.05, 0) is 25.6 Å². The smallest absolute Gasteiger partial charge is 0.0852 e. The second kappa shape index (κ2) is 5.48. The Morgan fingerprint density at radius 2 is 2.56 bits per heavy atom. The molecule has 0 radical (unpaired) electrons. The fourth-order valence-corrected chi connectivity index (χ4v) is 1.99. The molecule has 1 fully saturated rings. The lowest BCUT2D eigenvalue weighted by Crippen LogP contribution is -2.49. The number of ether oxygens (including phenoxy) is 1. The van der Waals surface area contributed by atoms with E-state index < -0.39 is 0 Å². The van der Waals surface area contributed by atoms with Crippen LogP contribution in [-0.4, -0.2) is 48.8 Å². The van der Waals surface area contributed by atoms with Crippen LogP contribution >= 0.6 is 0 Å². The van der Waals surface area contributed by atoms with E-state index in [2.05, 4.69) is 35.2 Å². The molecule has 16 heavy (non-hydrogen) atoms. The van der Waals surface area contributed by atoms with Crippen LogP contribution in [-0.2, 0) is 11.3 Å². The second-order valence-electron chi connectivity index (χ2n) is 4.56. The summed E-state index contributed by atoms with van der Waals surface area (Å²) in [6.07, 6.45) is 4.28. The predicted octanol–water partition coefficient (Wildman–Crippen LogP) is 0.823. The molecule has 1 aliphatic heterocycles. The van der Waals surface area contributed by atoms with Crippen LogP contribution in [0.1, 0.15) is 12.5 Å². The molecule has 0 bridgehead atoms. The summed E-state index contributed by atoms with van der Waals surface area (Å²) in [5.41, 5.74) is 1.29. The van der Waals surface area contributed by atoms with Gasteiger partial charge in [0.2, 0.25) is 0 Å². The van der Waals surface area contributed by atoms with Crippen LogP contribution in [0.15, 0.2) is 18.5 Å². The predicted molar refractivity (Wildman–Crippen MR) is 64.3 cm³/mol. The average Bonchev–Trinajstić information content (AvgIpc) is 2.78. The summed E-state index contributed by atoms with van der Waals surface area (Å²) >= 11 is 0. The van der Waals surface area contributed by atoms with Crippen molar-refractivity contribution in [1.82, 2.24) is 15.2 Å². The summed E-state index contributed by atoms with van der Waals surface area (Å²) in [7, 11) is 2.15. The third-order valence-electron chi connectivity index (χ3n) is 3.14. The molecule has 2 atom stereocenters. The second-order valence-corrected chi connectivity index (χ2v) is 4.56. The van der Waals surface area contributed by atoms with Crippen molar-refractivity contribution < 1.29 is 4.74 Å². The van der Waals surface area contributed by atoms with Gasteiger partial charge in [-0.25, -0.2) is 0 Å². The number of rotatable bonds is 4. The highest BCUT2D eigenvalue weighted by molar-refractivity contribution is 5.07. The molecule has 4 nitrogen and oxygen atoms in total. The molecule has 1 saturated heterocycles. The SMILES string of the molecule is CC(NCc1cc[nH]c1)C1CN(C)CCO1. The van der Waals surface area contributed by atoms with Crippen LogP contribution in [0.4, 0.5) is 0 Å². The van der Waals surface area contributed by atoms with Gasteiger partial charge in [0.15, 0.2) is 0 Å². The quantitative estimate of drug-likeness (QED) is 0.794. The summed E-state index contributed by atoms with van der Waals surface area (Å²) < 4.78 is 5.77. The number of likely N-dealkylation sites (N-methyl/N-ethyl adjacent to an activating group) is 1. The highest BCUT2D eigenvalue weighted by Crippen LogP contribution is 2.08. The number of nitrogens with zero attached hydrogens (tertiary/aromatic N) is 1. The number of aromatic amines is 1. The van der Waals surface area contributed by atoms with Crippen LogP contribution in [0, 0.1) is 0 Å². The average molecular weight is 223 g/mol. The van der Waals surface area contributed by atoms with E-state index in [1.807, 2.05) is 12.4 Å². The minimum atomic E-state index is 0.303. The minimum absolute atomic E-state index is 0.303. The molecule has 2 N–H and O–H groups in total. The van der Waals surface area contributed by atoms with Gasteiger partial charge in [-0.2, -0.15) is 0 Å². The molecule has 1 aromatic heterocycles. The maximum atomic E-state index is 5.77. The standard InChI is InChI=1S/C12H21N3O/c1-10(12-9-15(2)5-6-16-12)14-8-11-3-4-13-7-11/h3-4,7,10,12-14H,5-6,8-9H2,1-2H3. The number of hydrogen-bond acceptors (Lipinski definition) is 3. The molecule has 1 aliphatic rings. The van der Waals surface area contributed by atoms with E-state index in [1.165, 1.54) is 5.56 Å². The Hall–Kier alpha value is -0.840. The summed E-state index contributed by atoms with van der Waals surface area (Å²) in [6, 6.07) is 2.48. The Morgan fingerprint density at radius 1 is 1.69 bits per heavy atom. The van der Waals surface area contributed by atoms with Crippen LogP contribution in [0.5, 0.6) is 0 Å². The van der Waals surface area contributed by atoms with Gasteiger partial charge in [0.1, 0.15) is 0 Å². The highest BCUT2D eigenvalue weighted by atomic mass is 16.5. The first-order valence-electron chi connectivity index (χ1n) is 5.91. The van der Waals surface area contributed by atoms with Gasteiger partial charge >= 0.3 is 0 Å². The monoisotopic (exact) mass is 223 g/mol. The molecular formula is C12H21N3O. The van der Waals surface area contributed by atoms with Gasteiger partial charge < -0.3 is 19.9 Å². The number of nitrogens with one attached hydrogen (secondary N) is 2. The molecule has 4 heteroatoms. The van der Waals surface area contributed by atoms with E-state index in [-0.39, 0.29) is 0 Å². The molecule has 90 valence electrons. The Balaban J connectivity index is 1.76. The maximum Gasteiger partial charge on any atom is 0.0852 e. The molecular weight excluding hydrogens is 202 g/mol. The largest absolute Gasteiger partial charge is 0.374 e. The molecule has 0 saturated carbocycles. The van der Waals surface area contributed by atoms with E-state index in [1.54, 1.807) is 0 Å². The number of aromatic nitrogens is 1. The first-order chi connectivity index (χ1) is 7.75. The molecule has 2 unspecified atom stereocenters. The Kier molecular flexibility index (Phi) is 3.98. The van der Waals surface area contributed by atoms with Gasteiger partial charge in [-0.15, -0.1) is 0 Å². The first-order valence-corrected chi connectivity index (χ1v) is 5.91. The van der Waals surface area contributed by atoms with Crippen molar-refractivity contribution in [3.05, 3.63) is 24.0 Å². The van der Waals surface area contributed by atoms with Crippen molar-refractivity contribution in [2.75, 3.05) is 26.7 Å². The van der Waals surface area contributed by atoms with E-state index in [0.717, 1.165) is 26.2 Å². The zero-order valence-electron chi connectivity index (χ0n) is 10.1. The van der Waals surface area contributed by atoms with Crippen LogP contribution in [0.2, 0.25) is 0 Å². The van der Waals surface area contributed by atoms with Crippen molar-refractivity contribution in [3.63, 3.8) is 0 Å². The van der Waals surface area contributed by atoms with Crippen LogP contribution in [0.3, 0.4) is 0 Å². The van der Waals surface area contributed by atoms with Crippen molar-refractivity contribution >= 4 is 0 Å². The molecule has 0 spiro atoms. The van der Waals surface area contributed by atoms with E-state index in [9.17, 15) is 0 Å². The van der Waals surface area contributed by atoms with E-state index >= 15 is 0 Å². The van der Waals surface area contributed by atoms with Gasteiger partial charge in [-0.3, -0.25) is 0 Å². The normalized spacial score (nSPS) is 24.5. The van der Waals surface area contributed by atoms with E-state index in [4.69, 9.17) is 4.74 Å². The molecule has 0 amide bonds. The van der Waals surface area contributed by atoms with Crippen molar-refractivity contribution in [3.8, 4) is 0 Å². The number of H-pyrrole nitrogens is 1. The van der Waals surface area contributed by atoms with E-state index in [0.29, 0.717) is 12.1 Å². The molecule has 2 rings (SSSR count). The van der Waals surface area contributed by atoms with Crippen LogP contribution < -0.4 is 5.32 Å². The highest BCUT2D eigenvalue weighted by Gasteiger charge is 2.22. The van der Waals surface area contributed by atoms with Crippen molar-refractivity contribution in [2.45, 2.75) is 25.6 Å². The number of hydrogen-bond donors (Lipinski definition) is 2. The van der Waals surface area contributed by atoms with Gasteiger partial charge in [-0.1, -0.05) is 0 Å². The summed E-state index contributed by atoms with van der Waals surface area (Å²) in [5.74, 6) is 0. The third kappa shape index (κ3) is 3.07.